The fourth-order valence-electron chi connectivity index (χ4n) is 2.83. The molecular formula is C19H15FN2O2S2. The van der Waals surface area contributed by atoms with Gasteiger partial charge >= 0.3 is 0 Å². The molecule has 4 nitrogen and oxygen atoms in total. The monoisotopic (exact) mass is 386 g/mol. The average Bonchev–Trinajstić information content (AvgIpc) is 3.33. The van der Waals surface area contributed by atoms with Crippen LogP contribution in [0.4, 0.5) is 4.39 Å². The summed E-state index contributed by atoms with van der Waals surface area (Å²) in [6.07, 6.45) is 1.85. The summed E-state index contributed by atoms with van der Waals surface area (Å²) in [6, 6.07) is 17.4. The zero-order chi connectivity index (χ0) is 18.1. The van der Waals surface area contributed by atoms with E-state index in [1.165, 1.54) is 27.9 Å². The van der Waals surface area contributed by atoms with E-state index in [1.807, 2.05) is 23.6 Å². The predicted octanol–water partition coefficient (Wildman–Crippen LogP) is 4.18. The Morgan fingerprint density at radius 3 is 2.35 bits per heavy atom. The Morgan fingerprint density at radius 2 is 1.69 bits per heavy atom. The zero-order valence-electron chi connectivity index (χ0n) is 13.5. The van der Waals surface area contributed by atoms with Crippen molar-refractivity contribution in [2.45, 2.75) is 10.9 Å². The summed E-state index contributed by atoms with van der Waals surface area (Å²) < 4.78 is 40.9. The second-order valence-corrected chi connectivity index (χ2v) is 8.54. The van der Waals surface area contributed by atoms with Crippen molar-refractivity contribution in [2.24, 2.45) is 0 Å². The lowest BCUT2D eigenvalue weighted by molar-refractivity contribution is 0.348. The van der Waals surface area contributed by atoms with Gasteiger partial charge in [0.25, 0.3) is 10.0 Å². The number of thiophene rings is 1. The summed E-state index contributed by atoms with van der Waals surface area (Å²) >= 11 is 1.52. The van der Waals surface area contributed by atoms with Crippen LogP contribution in [0.15, 0.2) is 83.1 Å². The molecular weight excluding hydrogens is 371 g/mol. The fraction of sp³-hybridized carbons (Fsp3) is 0.0526. The molecule has 2 aromatic carbocycles. The van der Waals surface area contributed by atoms with Gasteiger partial charge in [-0.2, -0.15) is 0 Å². The molecule has 0 fully saturated rings. The number of rotatable bonds is 4. The first-order valence-corrected chi connectivity index (χ1v) is 10.2. The molecule has 7 heteroatoms. The summed E-state index contributed by atoms with van der Waals surface area (Å²) in [5, 5.41) is 1.93. The maximum absolute atomic E-state index is 13.3. The maximum Gasteiger partial charge on any atom is 0.260 e. The molecule has 1 N–H and O–H groups in total. The van der Waals surface area contributed by atoms with Gasteiger partial charge in [-0.3, -0.25) is 0 Å². The Bertz CT molecular complexity index is 1030. The maximum atomic E-state index is 13.3. The van der Waals surface area contributed by atoms with Crippen molar-refractivity contribution in [3.63, 3.8) is 0 Å². The van der Waals surface area contributed by atoms with Gasteiger partial charge in [0.15, 0.2) is 0 Å². The lowest BCUT2D eigenvalue weighted by Crippen LogP contribution is -2.39. The summed E-state index contributed by atoms with van der Waals surface area (Å²) in [6.45, 7) is 0. The molecule has 1 aromatic heterocycles. The molecule has 0 unspecified atom stereocenters. The Labute approximate surface area is 155 Å². The van der Waals surface area contributed by atoms with Gasteiger partial charge in [-0.1, -0.05) is 36.4 Å². The highest BCUT2D eigenvalue weighted by atomic mass is 32.2. The number of benzene rings is 2. The van der Waals surface area contributed by atoms with E-state index in [9.17, 15) is 12.8 Å². The van der Waals surface area contributed by atoms with Crippen molar-refractivity contribution in [3.8, 4) is 0 Å². The lowest BCUT2D eigenvalue weighted by atomic mass is 10.1. The topological polar surface area (TPSA) is 49.4 Å². The molecule has 1 aliphatic rings. The highest BCUT2D eigenvalue weighted by molar-refractivity contribution is 7.89. The molecule has 0 radical (unpaired) electrons. The molecule has 0 amide bonds. The van der Waals surface area contributed by atoms with Crippen LogP contribution < -0.4 is 5.43 Å². The zero-order valence-corrected chi connectivity index (χ0v) is 15.2. The van der Waals surface area contributed by atoms with E-state index in [-0.39, 0.29) is 10.7 Å². The molecule has 4 rings (SSSR count). The molecule has 0 saturated carbocycles. The normalized spacial score (nSPS) is 17.7. The molecule has 132 valence electrons. The molecule has 0 aliphatic carbocycles. The predicted molar refractivity (Wildman–Crippen MR) is 100 cm³/mol. The van der Waals surface area contributed by atoms with E-state index in [2.05, 4.69) is 5.43 Å². The van der Waals surface area contributed by atoms with E-state index in [1.54, 1.807) is 42.5 Å². The van der Waals surface area contributed by atoms with E-state index in [0.717, 1.165) is 4.88 Å². The first kappa shape index (κ1) is 17.0. The molecule has 1 atom stereocenters. The number of nitrogens with zero attached hydrogens (tertiary/aromatic N) is 1. The van der Waals surface area contributed by atoms with Gasteiger partial charge in [-0.05, 0) is 47.4 Å². The first-order chi connectivity index (χ1) is 12.6. The minimum absolute atomic E-state index is 0.195. The van der Waals surface area contributed by atoms with Gasteiger partial charge in [0, 0.05) is 0 Å². The first-order valence-electron chi connectivity index (χ1n) is 7.93. The van der Waals surface area contributed by atoms with Crippen molar-refractivity contribution in [1.82, 2.24) is 9.84 Å². The number of nitrogens with one attached hydrogen (secondary N) is 1. The van der Waals surface area contributed by atoms with Crippen LogP contribution in [0.25, 0.3) is 5.70 Å². The Morgan fingerprint density at radius 1 is 0.962 bits per heavy atom. The van der Waals surface area contributed by atoms with E-state index in [0.29, 0.717) is 11.3 Å². The number of hydrogen-bond donors (Lipinski definition) is 1. The number of hydrazine groups is 1. The van der Waals surface area contributed by atoms with Crippen LogP contribution in [-0.2, 0) is 10.0 Å². The fourth-order valence-corrected chi connectivity index (χ4v) is 4.96. The third-order valence-electron chi connectivity index (χ3n) is 4.11. The number of halogens is 1. The average molecular weight is 386 g/mol. The van der Waals surface area contributed by atoms with Crippen LogP contribution >= 0.6 is 11.3 Å². The smallest absolute Gasteiger partial charge is 0.260 e. The van der Waals surface area contributed by atoms with Gasteiger partial charge in [0.2, 0.25) is 0 Å². The SMILES string of the molecule is O=S(=O)(c1ccccc1)N1NC(c2cccs2)=C[C@H]1c1ccc(F)cc1. The van der Waals surface area contributed by atoms with Crippen LogP contribution in [0.2, 0.25) is 0 Å². The van der Waals surface area contributed by atoms with Crippen molar-refractivity contribution in [3.05, 3.63) is 94.4 Å². The van der Waals surface area contributed by atoms with Crippen LogP contribution in [0, 0.1) is 5.82 Å². The van der Waals surface area contributed by atoms with Crippen molar-refractivity contribution in [1.29, 1.82) is 0 Å². The summed E-state index contributed by atoms with van der Waals surface area (Å²) in [5.74, 6) is -0.361. The van der Waals surface area contributed by atoms with E-state index < -0.39 is 16.1 Å². The Balaban J connectivity index is 1.79. The molecule has 3 aromatic rings. The Hall–Kier alpha value is -2.48. The van der Waals surface area contributed by atoms with Crippen molar-refractivity contribution >= 4 is 27.1 Å². The van der Waals surface area contributed by atoms with Gasteiger partial charge in [-0.25, -0.2) is 12.8 Å². The second-order valence-electron chi connectivity index (χ2n) is 5.78. The number of sulfonamides is 1. The van der Waals surface area contributed by atoms with Gasteiger partial charge in [-0.15, -0.1) is 15.8 Å². The third-order valence-corrected chi connectivity index (χ3v) is 6.71. The second kappa shape index (κ2) is 6.68. The van der Waals surface area contributed by atoms with Crippen molar-refractivity contribution in [2.75, 3.05) is 0 Å². The lowest BCUT2D eigenvalue weighted by Gasteiger charge is -2.24. The highest BCUT2D eigenvalue weighted by Gasteiger charge is 2.37. The minimum Gasteiger partial charge on any atom is -0.303 e. The van der Waals surface area contributed by atoms with E-state index >= 15 is 0 Å². The van der Waals surface area contributed by atoms with Gasteiger partial charge < -0.3 is 5.43 Å². The standard InChI is InChI=1S/C19H15FN2O2S2/c20-15-10-8-14(9-11-15)18-13-17(19-7-4-12-25-19)21-22(18)26(23,24)16-5-2-1-3-6-16/h1-13,18,21H/t18-/m0/s1. The number of hydrogen-bond acceptors (Lipinski definition) is 4. The summed E-state index contributed by atoms with van der Waals surface area (Å²) in [7, 11) is -3.79. The quantitative estimate of drug-likeness (QED) is 0.732. The molecule has 0 bridgehead atoms. The minimum atomic E-state index is -3.79. The van der Waals surface area contributed by atoms with Gasteiger partial charge in [0.05, 0.1) is 21.5 Å². The molecule has 26 heavy (non-hydrogen) atoms. The largest absolute Gasteiger partial charge is 0.303 e. The van der Waals surface area contributed by atoms with E-state index in [4.69, 9.17) is 0 Å². The van der Waals surface area contributed by atoms with Crippen LogP contribution in [-0.4, -0.2) is 12.8 Å². The van der Waals surface area contributed by atoms with Crippen LogP contribution in [0.3, 0.4) is 0 Å². The third kappa shape index (κ3) is 3.05. The summed E-state index contributed by atoms with van der Waals surface area (Å²) in [4.78, 5) is 1.13. The molecule has 1 aliphatic heterocycles. The molecule has 0 saturated heterocycles. The van der Waals surface area contributed by atoms with Crippen LogP contribution in [0.1, 0.15) is 16.5 Å². The van der Waals surface area contributed by atoms with Gasteiger partial charge in [0.1, 0.15) is 5.82 Å². The molecule has 2 heterocycles. The highest BCUT2D eigenvalue weighted by Crippen LogP contribution is 2.36. The summed E-state index contributed by atoms with van der Waals surface area (Å²) in [5.41, 5.74) is 4.42. The Kier molecular flexibility index (Phi) is 4.36. The molecule has 0 spiro atoms. The van der Waals surface area contributed by atoms with Crippen LogP contribution in [0.5, 0.6) is 0 Å². The van der Waals surface area contributed by atoms with Crippen molar-refractivity contribution < 1.29 is 12.8 Å².